The van der Waals surface area contributed by atoms with Crippen LogP contribution >= 0.6 is 0 Å². The van der Waals surface area contributed by atoms with Crippen LogP contribution in [0, 0.1) is 6.92 Å². The SMILES string of the molecule is Cc1cccc(-c2noc(CS(=O)(=O)[C@@H](C)c3nc(C4CC4)no3)n2)c1. The highest BCUT2D eigenvalue weighted by Gasteiger charge is 2.34. The largest absolute Gasteiger partial charge is 0.338 e. The van der Waals surface area contributed by atoms with E-state index in [1.54, 1.807) is 0 Å². The molecule has 136 valence electrons. The van der Waals surface area contributed by atoms with Crippen molar-refractivity contribution in [3.63, 3.8) is 0 Å². The van der Waals surface area contributed by atoms with Gasteiger partial charge in [-0.05, 0) is 32.8 Å². The van der Waals surface area contributed by atoms with Crippen molar-refractivity contribution < 1.29 is 17.5 Å². The van der Waals surface area contributed by atoms with Crippen molar-refractivity contribution in [1.82, 2.24) is 20.3 Å². The molecule has 0 unspecified atom stereocenters. The Kier molecular flexibility index (Phi) is 4.10. The molecule has 0 bridgehead atoms. The highest BCUT2D eigenvalue weighted by Crippen LogP contribution is 2.39. The van der Waals surface area contributed by atoms with Crippen LogP contribution in [-0.2, 0) is 15.6 Å². The molecule has 2 aromatic heterocycles. The van der Waals surface area contributed by atoms with Crippen LogP contribution in [0.15, 0.2) is 33.3 Å². The third-order valence-corrected chi connectivity index (χ3v) is 6.28. The number of sulfone groups is 1. The van der Waals surface area contributed by atoms with Gasteiger partial charge in [0, 0.05) is 11.5 Å². The summed E-state index contributed by atoms with van der Waals surface area (Å²) in [4.78, 5) is 8.42. The molecule has 1 fully saturated rings. The number of nitrogens with zero attached hydrogens (tertiary/aromatic N) is 4. The number of rotatable bonds is 6. The summed E-state index contributed by atoms with van der Waals surface area (Å²) in [6.45, 7) is 3.48. The number of aryl methyl sites for hydroxylation is 1. The maximum absolute atomic E-state index is 12.6. The van der Waals surface area contributed by atoms with Crippen molar-refractivity contribution in [2.24, 2.45) is 0 Å². The smallest absolute Gasteiger partial charge is 0.244 e. The minimum absolute atomic E-state index is 0.0373. The molecule has 26 heavy (non-hydrogen) atoms. The Morgan fingerprint density at radius 3 is 2.73 bits per heavy atom. The zero-order valence-corrected chi connectivity index (χ0v) is 15.2. The van der Waals surface area contributed by atoms with E-state index in [0.29, 0.717) is 17.6 Å². The molecule has 0 saturated heterocycles. The molecule has 0 radical (unpaired) electrons. The number of hydrogen-bond acceptors (Lipinski definition) is 8. The summed E-state index contributed by atoms with van der Waals surface area (Å²) in [5.74, 6) is 1.01. The average molecular weight is 374 g/mol. The third kappa shape index (κ3) is 3.39. The monoisotopic (exact) mass is 374 g/mol. The van der Waals surface area contributed by atoms with Gasteiger partial charge < -0.3 is 9.05 Å². The van der Waals surface area contributed by atoms with Gasteiger partial charge in [0.25, 0.3) is 0 Å². The predicted octanol–water partition coefficient (Wildman–Crippen LogP) is 2.98. The van der Waals surface area contributed by atoms with E-state index in [1.165, 1.54) is 6.92 Å². The maximum atomic E-state index is 12.6. The Balaban J connectivity index is 1.52. The lowest BCUT2D eigenvalue weighted by Crippen LogP contribution is -2.13. The molecule has 3 aromatic rings. The lowest BCUT2D eigenvalue weighted by molar-refractivity contribution is 0.369. The molecule has 0 N–H and O–H groups in total. The van der Waals surface area contributed by atoms with Crippen LogP contribution < -0.4 is 0 Å². The first-order valence-electron chi connectivity index (χ1n) is 8.37. The van der Waals surface area contributed by atoms with Gasteiger partial charge in [0.05, 0.1) is 0 Å². The van der Waals surface area contributed by atoms with E-state index in [-0.39, 0.29) is 17.5 Å². The van der Waals surface area contributed by atoms with Crippen LogP contribution in [0.25, 0.3) is 11.4 Å². The van der Waals surface area contributed by atoms with Gasteiger partial charge in [-0.1, -0.05) is 34.1 Å². The van der Waals surface area contributed by atoms with E-state index < -0.39 is 15.1 Å². The van der Waals surface area contributed by atoms with Crippen LogP contribution in [0.3, 0.4) is 0 Å². The molecule has 2 heterocycles. The van der Waals surface area contributed by atoms with Gasteiger partial charge in [0.1, 0.15) is 11.0 Å². The van der Waals surface area contributed by atoms with Crippen molar-refractivity contribution in [2.45, 2.75) is 43.6 Å². The van der Waals surface area contributed by atoms with Crippen molar-refractivity contribution in [2.75, 3.05) is 0 Å². The molecule has 4 rings (SSSR count). The van der Waals surface area contributed by atoms with Gasteiger partial charge in [0.15, 0.2) is 15.7 Å². The summed E-state index contributed by atoms with van der Waals surface area (Å²) in [6, 6.07) is 7.59. The molecule has 1 aromatic carbocycles. The van der Waals surface area contributed by atoms with Crippen molar-refractivity contribution in [1.29, 1.82) is 0 Å². The molecule has 1 atom stereocenters. The zero-order chi connectivity index (χ0) is 18.3. The second-order valence-corrected chi connectivity index (χ2v) is 8.92. The van der Waals surface area contributed by atoms with Crippen molar-refractivity contribution in [3.05, 3.63) is 47.4 Å². The third-order valence-electron chi connectivity index (χ3n) is 4.36. The summed E-state index contributed by atoms with van der Waals surface area (Å²) < 4.78 is 35.5. The molecular weight excluding hydrogens is 356 g/mol. The van der Waals surface area contributed by atoms with Gasteiger partial charge in [-0.15, -0.1) is 0 Å². The molecule has 1 aliphatic rings. The maximum Gasteiger partial charge on any atom is 0.244 e. The van der Waals surface area contributed by atoms with Gasteiger partial charge in [0.2, 0.25) is 17.6 Å². The minimum Gasteiger partial charge on any atom is -0.338 e. The van der Waals surface area contributed by atoms with Gasteiger partial charge >= 0.3 is 0 Å². The Labute approximate surface area is 150 Å². The molecule has 8 nitrogen and oxygen atoms in total. The fourth-order valence-electron chi connectivity index (χ4n) is 2.59. The fraction of sp³-hybridized carbons (Fsp3) is 0.412. The van der Waals surface area contributed by atoms with Gasteiger partial charge in [-0.2, -0.15) is 9.97 Å². The summed E-state index contributed by atoms with van der Waals surface area (Å²) in [6.07, 6.45) is 2.04. The summed E-state index contributed by atoms with van der Waals surface area (Å²) >= 11 is 0. The first-order chi connectivity index (χ1) is 12.4. The van der Waals surface area contributed by atoms with E-state index in [4.69, 9.17) is 9.05 Å². The van der Waals surface area contributed by atoms with Crippen LogP contribution in [0.4, 0.5) is 0 Å². The highest BCUT2D eigenvalue weighted by atomic mass is 32.2. The predicted molar refractivity (Wildman–Crippen MR) is 91.8 cm³/mol. The lowest BCUT2D eigenvalue weighted by Gasteiger charge is -2.05. The van der Waals surface area contributed by atoms with E-state index in [9.17, 15) is 8.42 Å². The summed E-state index contributed by atoms with van der Waals surface area (Å²) in [5.41, 5.74) is 1.83. The quantitative estimate of drug-likeness (QED) is 0.647. The van der Waals surface area contributed by atoms with Crippen molar-refractivity contribution >= 4 is 9.84 Å². The molecule has 1 saturated carbocycles. The van der Waals surface area contributed by atoms with E-state index in [1.807, 2.05) is 31.2 Å². The van der Waals surface area contributed by atoms with Crippen LogP contribution in [0.2, 0.25) is 0 Å². The molecule has 9 heteroatoms. The normalized spacial score (nSPS) is 15.9. The first-order valence-corrected chi connectivity index (χ1v) is 10.1. The standard InChI is InChI=1S/C17H18N4O4S/c1-10-4-3-5-13(8-10)16-18-14(24-20-16)9-26(22,23)11(2)17-19-15(21-25-17)12-6-7-12/h3-5,8,11-12H,6-7,9H2,1-2H3/t11-/m0/s1. The van der Waals surface area contributed by atoms with Crippen LogP contribution in [0.5, 0.6) is 0 Å². The summed E-state index contributed by atoms with van der Waals surface area (Å²) in [5, 5.41) is 6.81. The second kappa shape index (κ2) is 6.31. The Morgan fingerprint density at radius 2 is 2.00 bits per heavy atom. The summed E-state index contributed by atoms with van der Waals surface area (Å²) in [7, 11) is -3.63. The molecule has 1 aliphatic carbocycles. The van der Waals surface area contributed by atoms with Crippen LogP contribution in [-0.4, -0.2) is 28.7 Å². The Morgan fingerprint density at radius 1 is 1.19 bits per heavy atom. The molecular formula is C17H18N4O4S. The number of benzene rings is 1. The topological polar surface area (TPSA) is 112 Å². The van der Waals surface area contributed by atoms with Crippen LogP contribution in [0.1, 0.15) is 54.1 Å². The average Bonchev–Trinajstić information content (AvgIpc) is 3.16. The highest BCUT2D eigenvalue weighted by molar-refractivity contribution is 7.90. The lowest BCUT2D eigenvalue weighted by atomic mass is 10.1. The number of hydrogen-bond donors (Lipinski definition) is 0. The zero-order valence-electron chi connectivity index (χ0n) is 14.4. The minimum atomic E-state index is -3.63. The number of aromatic nitrogens is 4. The van der Waals surface area contributed by atoms with E-state index >= 15 is 0 Å². The molecule has 0 amide bonds. The van der Waals surface area contributed by atoms with Gasteiger partial charge in [-0.25, -0.2) is 8.42 Å². The van der Waals surface area contributed by atoms with Gasteiger partial charge in [-0.3, -0.25) is 0 Å². The van der Waals surface area contributed by atoms with Crippen molar-refractivity contribution in [3.8, 4) is 11.4 Å². The fourth-order valence-corrected chi connectivity index (χ4v) is 3.70. The van der Waals surface area contributed by atoms with E-state index in [0.717, 1.165) is 24.0 Å². The molecule has 0 spiro atoms. The second-order valence-electron chi connectivity index (χ2n) is 6.60. The first kappa shape index (κ1) is 16.9. The Hall–Kier alpha value is -2.55. The molecule has 0 aliphatic heterocycles. The Bertz CT molecular complexity index is 1040. The van der Waals surface area contributed by atoms with E-state index in [2.05, 4.69) is 20.3 Å².